The highest BCUT2D eigenvalue weighted by Crippen LogP contribution is 2.23. The zero-order chi connectivity index (χ0) is 19.2. The second-order valence-corrected chi connectivity index (χ2v) is 6.12. The lowest BCUT2D eigenvalue weighted by Gasteiger charge is -2.15. The van der Waals surface area contributed by atoms with Gasteiger partial charge in [0, 0.05) is 17.1 Å². The number of hydrogen-bond acceptors (Lipinski definition) is 5. The maximum Gasteiger partial charge on any atom is 0.291 e. The highest BCUT2D eigenvalue weighted by molar-refractivity contribution is 7.80. The summed E-state index contributed by atoms with van der Waals surface area (Å²) < 4.78 is 5.06. The van der Waals surface area contributed by atoms with Crippen LogP contribution in [0.5, 0.6) is 0 Å². The van der Waals surface area contributed by atoms with Crippen LogP contribution < -0.4 is 27.2 Å². The van der Waals surface area contributed by atoms with Crippen LogP contribution in [-0.2, 0) is 0 Å². The third kappa shape index (κ3) is 4.63. The van der Waals surface area contributed by atoms with Crippen molar-refractivity contribution in [1.82, 2.24) is 0 Å². The monoisotopic (exact) mass is 381 g/mol. The van der Waals surface area contributed by atoms with Crippen LogP contribution in [-0.4, -0.2) is 11.0 Å². The Bertz CT molecular complexity index is 939. The van der Waals surface area contributed by atoms with E-state index >= 15 is 0 Å². The van der Waals surface area contributed by atoms with Gasteiger partial charge < -0.3 is 25.8 Å². The van der Waals surface area contributed by atoms with Gasteiger partial charge in [-0.2, -0.15) is 0 Å². The minimum absolute atomic E-state index is 0.257. The number of nitrogens with two attached hydrogens (primary N) is 1. The summed E-state index contributed by atoms with van der Waals surface area (Å²) in [4.78, 5) is 12.0. The van der Waals surface area contributed by atoms with Gasteiger partial charge >= 0.3 is 0 Å². The number of benzene rings is 2. The molecule has 0 saturated heterocycles. The zero-order valence-corrected chi connectivity index (χ0v) is 15.4. The van der Waals surface area contributed by atoms with Crippen molar-refractivity contribution in [3.05, 3.63) is 72.2 Å². The average molecular weight is 381 g/mol. The summed E-state index contributed by atoms with van der Waals surface area (Å²) in [5.41, 5.74) is 6.71. The van der Waals surface area contributed by atoms with Crippen molar-refractivity contribution in [2.75, 3.05) is 21.4 Å². The first-order chi connectivity index (χ1) is 13.1. The second kappa shape index (κ2) is 8.35. The number of carbonyl (C=O) groups excluding carboxylic acids is 1. The standard InChI is InChI=1S/C19H19N5O2S/c1-12-15(4-2-5-16(12)24-20)23-19(27)22-14-9-7-13(8-10-14)21-18(25)17-6-3-11-26-17/h2-11,24H,20H2,1H3,(H,21,25)(H2,22,23,27). The van der Waals surface area contributed by atoms with Gasteiger partial charge in [0.1, 0.15) is 0 Å². The largest absolute Gasteiger partial charge is 0.459 e. The van der Waals surface area contributed by atoms with Gasteiger partial charge in [0.25, 0.3) is 5.91 Å². The number of nitrogens with one attached hydrogen (secondary N) is 4. The van der Waals surface area contributed by atoms with Gasteiger partial charge in [-0.25, -0.2) is 0 Å². The van der Waals surface area contributed by atoms with Crippen molar-refractivity contribution in [3.63, 3.8) is 0 Å². The Labute approximate surface area is 161 Å². The SMILES string of the molecule is Cc1c(NN)cccc1NC(=S)Nc1ccc(NC(=O)c2ccco2)cc1. The lowest BCUT2D eigenvalue weighted by Crippen LogP contribution is -2.20. The molecule has 138 valence electrons. The van der Waals surface area contributed by atoms with Gasteiger partial charge in [-0.3, -0.25) is 10.6 Å². The fourth-order valence-corrected chi connectivity index (χ4v) is 2.68. The minimum atomic E-state index is -0.304. The van der Waals surface area contributed by atoms with Crippen molar-refractivity contribution < 1.29 is 9.21 Å². The number of carbonyl (C=O) groups is 1. The molecular formula is C19H19N5O2S. The van der Waals surface area contributed by atoms with E-state index in [9.17, 15) is 4.79 Å². The number of anilines is 4. The summed E-state index contributed by atoms with van der Waals surface area (Å²) in [5.74, 6) is 5.44. The molecule has 6 N–H and O–H groups in total. The van der Waals surface area contributed by atoms with Crippen molar-refractivity contribution in [3.8, 4) is 0 Å². The van der Waals surface area contributed by atoms with Crippen LogP contribution in [0.25, 0.3) is 0 Å². The molecule has 0 atom stereocenters. The first kappa shape index (κ1) is 18.4. The normalized spacial score (nSPS) is 10.1. The molecule has 3 aromatic rings. The van der Waals surface area contributed by atoms with Gasteiger partial charge in [-0.05, 0) is 73.2 Å². The predicted molar refractivity (Wildman–Crippen MR) is 112 cm³/mol. The fourth-order valence-electron chi connectivity index (χ4n) is 2.45. The molecule has 0 saturated carbocycles. The molecule has 2 aromatic carbocycles. The molecule has 3 rings (SSSR count). The Kier molecular flexibility index (Phi) is 5.70. The number of hydrogen-bond donors (Lipinski definition) is 5. The highest BCUT2D eigenvalue weighted by Gasteiger charge is 2.09. The molecule has 0 bridgehead atoms. The van der Waals surface area contributed by atoms with Gasteiger partial charge in [0.2, 0.25) is 0 Å². The molecule has 27 heavy (non-hydrogen) atoms. The lowest BCUT2D eigenvalue weighted by atomic mass is 10.1. The Balaban J connectivity index is 1.59. The van der Waals surface area contributed by atoms with Gasteiger partial charge in [0.05, 0.1) is 12.0 Å². The van der Waals surface area contributed by atoms with E-state index in [0.717, 1.165) is 22.6 Å². The van der Waals surface area contributed by atoms with Gasteiger partial charge in [-0.1, -0.05) is 6.07 Å². The van der Waals surface area contributed by atoms with Crippen LogP contribution in [0.2, 0.25) is 0 Å². The number of hydrazine groups is 1. The highest BCUT2D eigenvalue weighted by atomic mass is 32.1. The number of nitrogen functional groups attached to an aromatic ring is 1. The van der Waals surface area contributed by atoms with E-state index in [0.29, 0.717) is 10.8 Å². The third-order valence-electron chi connectivity index (χ3n) is 3.88. The van der Waals surface area contributed by atoms with E-state index in [-0.39, 0.29) is 11.7 Å². The minimum Gasteiger partial charge on any atom is -0.459 e. The number of amides is 1. The van der Waals surface area contributed by atoms with Crippen molar-refractivity contribution >= 4 is 46.0 Å². The molecule has 1 aromatic heterocycles. The van der Waals surface area contributed by atoms with Gasteiger partial charge in [0.15, 0.2) is 10.9 Å². The summed E-state index contributed by atoms with van der Waals surface area (Å²) in [6.45, 7) is 1.94. The molecule has 0 radical (unpaired) electrons. The van der Waals surface area contributed by atoms with Crippen LogP contribution in [0, 0.1) is 6.92 Å². The molecule has 8 heteroatoms. The van der Waals surface area contributed by atoms with E-state index < -0.39 is 0 Å². The topological polar surface area (TPSA) is 104 Å². The van der Waals surface area contributed by atoms with E-state index in [1.807, 2.05) is 37.3 Å². The first-order valence-corrected chi connectivity index (χ1v) is 8.57. The molecule has 7 nitrogen and oxygen atoms in total. The average Bonchev–Trinajstić information content (AvgIpc) is 3.20. The summed E-state index contributed by atoms with van der Waals surface area (Å²) in [5, 5.41) is 9.44. The molecule has 0 aliphatic rings. The summed E-state index contributed by atoms with van der Waals surface area (Å²) >= 11 is 5.36. The quantitative estimate of drug-likeness (QED) is 0.259. The summed E-state index contributed by atoms with van der Waals surface area (Å²) in [7, 11) is 0. The second-order valence-electron chi connectivity index (χ2n) is 5.71. The maximum absolute atomic E-state index is 12.0. The van der Waals surface area contributed by atoms with Gasteiger partial charge in [-0.15, -0.1) is 0 Å². The molecule has 0 aliphatic heterocycles. The Hall–Kier alpha value is -3.36. The lowest BCUT2D eigenvalue weighted by molar-refractivity contribution is 0.0996. The Morgan fingerprint density at radius 3 is 2.22 bits per heavy atom. The molecule has 0 aliphatic carbocycles. The first-order valence-electron chi connectivity index (χ1n) is 8.16. The number of rotatable bonds is 5. The van der Waals surface area contributed by atoms with E-state index in [1.54, 1.807) is 24.3 Å². The molecule has 0 fully saturated rings. The summed E-state index contributed by atoms with van der Waals surface area (Å²) in [6.07, 6.45) is 1.46. The third-order valence-corrected chi connectivity index (χ3v) is 4.09. The van der Waals surface area contributed by atoms with E-state index in [4.69, 9.17) is 22.5 Å². The maximum atomic E-state index is 12.0. The molecule has 1 heterocycles. The van der Waals surface area contributed by atoms with E-state index in [1.165, 1.54) is 6.26 Å². The van der Waals surface area contributed by atoms with E-state index in [2.05, 4.69) is 21.4 Å². The number of thiocarbonyl (C=S) groups is 1. The molecular weight excluding hydrogens is 362 g/mol. The Morgan fingerprint density at radius 2 is 1.59 bits per heavy atom. The fraction of sp³-hybridized carbons (Fsp3) is 0.0526. The van der Waals surface area contributed by atoms with Crippen molar-refractivity contribution in [2.45, 2.75) is 6.92 Å². The molecule has 1 amide bonds. The van der Waals surface area contributed by atoms with Crippen LogP contribution >= 0.6 is 12.2 Å². The molecule has 0 unspecified atom stereocenters. The van der Waals surface area contributed by atoms with Crippen molar-refractivity contribution in [2.24, 2.45) is 5.84 Å². The summed E-state index contributed by atoms with van der Waals surface area (Å²) in [6, 6.07) is 16.1. The number of furan rings is 1. The van der Waals surface area contributed by atoms with Crippen LogP contribution in [0.4, 0.5) is 22.7 Å². The smallest absolute Gasteiger partial charge is 0.291 e. The van der Waals surface area contributed by atoms with Crippen LogP contribution in [0.3, 0.4) is 0 Å². The Morgan fingerprint density at radius 1 is 0.926 bits per heavy atom. The van der Waals surface area contributed by atoms with Crippen molar-refractivity contribution in [1.29, 1.82) is 0 Å². The predicted octanol–water partition coefficient (Wildman–Crippen LogP) is 3.93. The molecule has 0 spiro atoms. The zero-order valence-electron chi connectivity index (χ0n) is 14.6. The van der Waals surface area contributed by atoms with Crippen LogP contribution in [0.1, 0.15) is 16.1 Å². The van der Waals surface area contributed by atoms with Crippen LogP contribution in [0.15, 0.2) is 65.3 Å².